The highest BCUT2D eigenvalue weighted by Gasteiger charge is 2.44. The summed E-state index contributed by atoms with van der Waals surface area (Å²) in [4.78, 5) is 8.84. The van der Waals surface area contributed by atoms with Crippen molar-refractivity contribution in [3.8, 4) is 5.88 Å². The van der Waals surface area contributed by atoms with E-state index in [-0.39, 0.29) is 13.2 Å². The van der Waals surface area contributed by atoms with Gasteiger partial charge in [-0.1, -0.05) is 23.9 Å². The molecular weight excluding hydrogens is 362 g/mol. The summed E-state index contributed by atoms with van der Waals surface area (Å²) in [6.45, 7) is 2.00. The number of hydrogen-bond donors (Lipinski definition) is 3. The number of fused-ring (bicyclic) bond motifs is 1. The molecule has 3 N–H and O–H groups in total. The molecular formula is C15H23N5O5S. The third-order valence-electron chi connectivity index (χ3n) is 4.24. The minimum Gasteiger partial charge on any atom is -0.479 e. The molecule has 4 atom stereocenters. The summed E-state index contributed by atoms with van der Waals surface area (Å²) in [5, 5.41) is 38.3. The van der Waals surface area contributed by atoms with E-state index >= 15 is 0 Å². The molecule has 0 spiro atoms. The maximum Gasteiger partial charge on any atom is 0.248 e. The average molecular weight is 385 g/mol. The maximum absolute atomic E-state index is 10.4. The molecule has 1 saturated carbocycles. The highest BCUT2D eigenvalue weighted by molar-refractivity contribution is 7.99. The lowest BCUT2D eigenvalue weighted by Gasteiger charge is -2.17. The number of nitrogens with zero attached hydrogens (tertiary/aromatic N) is 5. The number of methoxy groups -OCH3 is 1. The van der Waals surface area contributed by atoms with Crippen LogP contribution in [-0.4, -0.2) is 84.7 Å². The van der Waals surface area contributed by atoms with Crippen LogP contribution in [0.4, 0.5) is 0 Å². The third kappa shape index (κ3) is 3.62. The lowest BCUT2D eigenvalue weighted by atomic mass is 10.2. The molecule has 0 aliphatic heterocycles. The van der Waals surface area contributed by atoms with E-state index in [1.807, 2.05) is 0 Å². The predicted molar refractivity (Wildman–Crippen MR) is 93.2 cm³/mol. The van der Waals surface area contributed by atoms with Gasteiger partial charge >= 0.3 is 0 Å². The Hall–Kier alpha value is -1.53. The van der Waals surface area contributed by atoms with Crippen LogP contribution < -0.4 is 4.74 Å². The van der Waals surface area contributed by atoms with Gasteiger partial charge < -0.3 is 24.8 Å². The van der Waals surface area contributed by atoms with Crippen LogP contribution in [-0.2, 0) is 4.74 Å². The number of aliphatic hydroxyl groups excluding tert-OH is 3. The Bertz CT molecular complexity index is 745. The van der Waals surface area contributed by atoms with E-state index in [4.69, 9.17) is 14.6 Å². The summed E-state index contributed by atoms with van der Waals surface area (Å²) < 4.78 is 12.2. The molecule has 1 fully saturated rings. The average Bonchev–Trinajstić information content (AvgIpc) is 3.19. The monoisotopic (exact) mass is 385 g/mol. The fourth-order valence-corrected chi connectivity index (χ4v) is 3.67. The predicted octanol–water partition coefficient (Wildman–Crippen LogP) is -0.224. The second kappa shape index (κ2) is 8.44. The zero-order chi connectivity index (χ0) is 18.7. The first-order valence-electron chi connectivity index (χ1n) is 8.49. The van der Waals surface area contributed by atoms with Crippen LogP contribution in [0.2, 0.25) is 0 Å². The Morgan fingerprint density at radius 3 is 2.77 bits per heavy atom. The van der Waals surface area contributed by atoms with Crippen molar-refractivity contribution in [1.82, 2.24) is 25.0 Å². The van der Waals surface area contributed by atoms with Crippen LogP contribution in [0.3, 0.4) is 0 Å². The van der Waals surface area contributed by atoms with Crippen molar-refractivity contribution in [3.63, 3.8) is 0 Å². The van der Waals surface area contributed by atoms with Crippen molar-refractivity contribution in [2.24, 2.45) is 0 Å². The second-order valence-corrected chi connectivity index (χ2v) is 7.05. The first-order chi connectivity index (χ1) is 12.6. The topological polar surface area (TPSA) is 136 Å². The highest BCUT2D eigenvalue weighted by atomic mass is 32.2. The van der Waals surface area contributed by atoms with Crippen LogP contribution in [0, 0.1) is 0 Å². The van der Waals surface area contributed by atoms with Gasteiger partial charge in [0, 0.05) is 12.2 Å². The van der Waals surface area contributed by atoms with E-state index in [1.165, 1.54) is 23.6 Å². The van der Waals surface area contributed by atoms with E-state index < -0.39 is 24.4 Å². The zero-order valence-electron chi connectivity index (χ0n) is 14.6. The molecule has 2 heterocycles. The van der Waals surface area contributed by atoms with Gasteiger partial charge in [0.15, 0.2) is 16.3 Å². The van der Waals surface area contributed by atoms with Gasteiger partial charge in [0.05, 0.1) is 32.5 Å². The second-order valence-electron chi connectivity index (χ2n) is 5.99. The van der Waals surface area contributed by atoms with Gasteiger partial charge in [-0.3, -0.25) is 0 Å². The van der Waals surface area contributed by atoms with Crippen LogP contribution in [0.1, 0.15) is 25.8 Å². The standard InChI is InChI=1S/C15H23N5O5S/c1-3-6-26-15-16-13-10(14(17-15)24-2)18-19-20(13)8-7-9(25-5-4-21)12(23)11(8)22/h8-9,11-12,21-23H,3-7H2,1-2H3/t8-,9+,11+,12-/m1/s1. The molecule has 11 heteroatoms. The van der Waals surface area contributed by atoms with Crippen molar-refractivity contribution < 1.29 is 24.8 Å². The molecule has 0 amide bonds. The summed E-state index contributed by atoms with van der Waals surface area (Å²) in [7, 11) is 1.50. The van der Waals surface area contributed by atoms with Gasteiger partial charge in [-0.25, -0.2) is 9.67 Å². The molecule has 0 radical (unpaired) electrons. The van der Waals surface area contributed by atoms with Crippen LogP contribution >= 0.6 is 11.8 Å². The first-order valence-corrected chi connectivity index (χ1v) is 9.47. The van der Waals surface area contributed by atoms with Crippen molar-refractivity contribution in [2.75, 3.05) is 26.1 Å². The number of hydrogen-bond acceptors (Lipinski definition) is 10. The number of aromatic nitrogens is 5. The van der Waals surface area contributed by atoms with Gasteiger partial charge in [0.25, 0.3) is 0 Å². The molecule has 0 aromatic carbocycles. The summed E-state index contributed by atoms with van der Waals surface area (Å²) in [6, 6.07) is -0.553. The van der Waals surface area contributed by atoms with E-state index in [1.54, 1.807) is 0 Å². The normalized spacial score (nSPS) is 25.9. The lowest BCUT2D eigenvalue weighted by molar-refractivity contribution is -0.0629. The van der Waals surface area contributed by atoms with Crippen LogP contribution in [0.25, 0.3) is 11.2 Å². The molecule has 2 aromatic heterocycles. The van der Waals surface area contributed by atoms with Crippen molar-refractivity contribution in [3.05, 3.63) is 0 Å². The summed E-state index contributed by atoms with van der Waals surface area (Å²) in [6.07, 6.45) is -1.47. The largest absolute Gasteiger partial charge is 0.479 e. The Kier molecular flexibility index (Phi) is 6.24. The number of aliphatic hydroxyl groups is 3. The Morgan fingerprint density at radius 1 is 1.27 bits per heavy atom. The fraction of sp³-hybridized carbons (Fsp3) is 0.733. The lowest BCUT2D eigenvalue weighted by Crippen LogP contribution is -2.33. The molecule has 3 rings (SSSR count). The molecule has 26 heavy (non-hydrogen) atoms. The number of rotatable bonds is 8. The van der Waals surface area contributed by atoms with E-state index in [0.717, 1.165) is 12.2 Å². The Balaban J connectivity index is 1.94. The van der Waals surface area contributed by atoms with Crippen molar-refractivity contribution in [2.45, 2.75) is 49.3 Å². The molecule has 10 nitrogen and oxygen atoms in total. The van der Waals surface area contributed by atoms with Gasteiger partial charge in [0.2, 0.25) is 5.88 Å². The Morgan fingerprint density at radius 2 is 2.08 bits per heavy atom. The van der Waals surface area contributed by atoms with Crippen molar-refractivity contribution >= 4 is 22.9 Å². The third-order valence-corrected chi connectivity index (χ3v) is 5.29. The zero-order valence-corrected chi connectivity index (χ0v) is 15.5. The quantitative estimate of drug-likeness (QED) is 0.413. The van der Waals surface area contributed by atoms with E-state index in [0.29, 0.717) is 28.6 Å². The minimum atomic E-state index is -1.09. The fourth-order valence-electron chi connectivity index (χ4n) is 2.99. The molecule has 0 saturated heterocycles. The van der Waals surface area contributed by atoms with E-state index in [9.17, 15) is 10.2 Å². The summed E-state index contributed by atoms with van der Waals surface area (Å²) in [5.74, 6) is 1.18. The van der Waals surface area contributed by atoms with Gasteiger partial charge in [-0.05, 0) is 6.42 Å². The molecule has 1 aliphatic rings. The number of thioether (sulfide) groups is 1. The minimum absolute atomic E-state index is 0.0903. The smallest absolute Gasteiger partial charge is 0.248 e. The maximum atomic E-state index is 10.4. The van der Waals surface area contributed by atoms with Crippen LogP contribution in [0.15, 0.2) is 5.16 Å². The molecule has 0 bridgehead atoms. The molecule has 2 aromatic rings. The summed E-state index contributed by atoms with van der Waals surface area (Å²) in [5.41, 5.74) is 0.837. The summed E-state index contributed by atoms with van der Waals surface area (Å²) >= 11 is 1.50. The van der Waals surface area contributed by atoms with Gasteiger partial charge in [-0.2, -0.15) is 4.98 Å². The SMILES string of the molecule is CCCSc1nc(OC)c2nnn([C@@H]3C[C@H](OCCO)[C@@H](O)[C@H]3O)c2n1. The van der Waals surface area contributed by atoms with Gasteiger partial charge in [0.1, 0.15) is 12.2 Å². The van der Waals surface area contributed by atoms with Gasteiger partial charge in [-0.15, -0.1) is 5.10 Å². The number of ether oxygens (including phenoxy) is 2. The van der Waals surface area contributed by atoms with E-state index in [2.05, 4.69) is 27.2 Å². The van der Waals surface area contributed by atoms with Crippen molar-refractivity contribution in [1.29, 1.82) is 0 Å². The van der Waals surface area contributed by atoms with Crippen LogP contribution in [0.5, 0.6) is 5.88 Å². The first kappa shape index (κ1) is 19.2. The molecule has 1 aliphatic carbocycles. The highest BCUT2D eigenvalue weighted by Crippen LogP contribution is 2.35. The molecule has 0 unspecified atom stereocenters. The molecule has 144 valence electrons. The Labute approximate surface area is 154 Å².